The third-order valence-corrected chi connectivity index (χ3v) is 8.49. The highest BCUT2D eigenvalue weighted by Crippen LogP contribution is 2.32. The van der Waals surface area contributed by atoms with Crippen molar-refractivity contribution in [1.82, 2.24) is 16.0 Å². The molecule has 0 bridgehead atoms. The number of unbranched alkanes of at least 4 members (excludes halogenated alkanes) is 5. The lowest BCUT2D eigenvalue weighted by atomic mass is 10.0. The molecule has 0 aliphatic carbocycles. The molecule has 15 nitrogen and oxygen atoms in total. The lowest BCUT2D eigenvalue weighted by Crippen LogP contribution is -2.49. The van der Waals surface area contributed by atoms with Crippen LogP contribution in [0.3, 0.4) is 0 Å². The maximum Gasteiger partial charge on any atom is 0.336 e. The van der Waals surface area contributed by atoms with Gasteiger partial charge in [0.25, 0.3) is 0 Å². The Kier molecular flexibility index (Phi) is 22.4. The second-order valence-corrected chi connectivity index (χ2v) is 13.1. The van der Waals surface area contributed by atoms with Crippen molar-refractivity contribution in [2.75, 3.05) is 85.6 Å². The van der Waals surface area contributed by atoms with Gasteiger partial charge in [-0.1, -0.05) is 37.8 Å². The number of carbonyl (C=O) groups excluding carboxylic acids is 2. The van der Waals surface area contributed by atoms with E-state index in [1.165, 1.54) is 24.6 Å². The molecule has 1 aromatic heterocycles. The average molecular weight is 773 g/mol. The fourth-order valence-corrected chi connectivity index (χ4v) is 5.66. The van der Waals surface area contributed by atoms with E-state index < -0.39 is 17.6 Å². The van der Waals surface area contributed by atoms with Gasteiger partial charge in [0.1, 0.15) is 42.1 Å². The number of aromatic hydroxyl groups is 2. The van der Waals surface area contributed by atoms with Gasteiger partial charge in [-0.3, -0.25) is 9.59 Å². The maximum atomic E-state index is 13.0. The molecule has 55 heavy (non-hydrogen) atoms. The van der Waals surface area contributed by atoms with Crippen molar-refractivity contribution >= 4 is 22.8 Å². The van der Waals surface area contributed by atoms with Gasteiger partial charge in [0, 0.05) is 31.2 Å². The molecule has 1 atom stereocenters. The van der Waals surface area contributed by atoms with Crippen LogP contribution in [0.4, 0.5) is 0 Å². The number of hydrogen-bond donors (Lipinski definition) is 6. The van der Waals surface area contributed by atoms with Crippen molar-refractivity contribution in [3.63, 3.8) is 0 Å². The summed E-state index contributed by atoms with van der Waals surface area (Å²) in [6.45, 7) is 7.13. The number of nitrogens with two attached hydrogens (primary N) is 1. The first-order valence-corrected chi connectivity index (χ1v) is 19.2. The highest BCUT2D eigenvalue weighted by Gasteiger charge is 2.21. The first-order valence-electron chi connectivity index (χ1n) is 19.2. The van der Waals surface area contributed by atoms with Gasteiger partial charge in [0.2, 0.25) is 11.8 Å². The number of hydrogen-bond acceptors (Lipinski definition) is 13. The normalized spacial score (nSPS) is 11.8. The molecule has 0 fully saturated rings. The second kappa shape index (κ2) is 27.3. The Bertz CT molecular complexity index is 1590. The second-order valence-electron chi connectivity index (χ2n) is 13.1. The number of fused-ring (bicyclic) bond motifs is 1. The van der Waals surface area contributed by atoms with E-state index in [4.69, 9.17) is 33.8 Å². The molecule has 0 aliphatic heterocycles. The predicted octanol–water partition coefficient (Wildman–Crippen LogP) is 3.08. The fraction of sp³-hybridized carbons (Fsp3) is 0.575. The third kappa shape index (κ3) is 19.3. The molecule has 3 rings (SSSR count). The van der Waals surface area contributed by atoms with Gasteiger partial charge < -0.3 is 60.0 Å². The van der Waals surface area contributed by atoms with E-state index in [9.17, 15) is 24.6 Å². The molecular formula is C40H60N4O11. The molecule has 15 heteroatoms. The molecule has 0 spiro atoms. The monoisotopic (exact) mass is 772 g/mol. The molecule has 2 aromatic carbocycles. The largest absolute Gasteiger partial charge is 0.508 e. The number of aryl methyl sites for hydroxylation is 1. The van der Waals surface area contributed by atoms with Gasteiger partial charge in [0.15, 0.2) is 0 Å². The van der Waals surface area contributed by atoms with Crippen LogP contribution in [-0.2, 0) is 35.0 Å². The highest BCUT2D eigenvalue weighted by atomic mass is 16.6. The minimum atomic E-state index is -0.786. The smallest absolute Gasteiger partial charge is 0.336 e. The molecule has 2 amide bonds. The summed E-state index contributed by atoms with van der Waals surface area (Å²) in [6, 6.07) is 9.97. The third-order valence-electron chi connectivity index (χ3n) is 8.49. The van der Waals surface area contributed by atoms with Crippen LogP contribution >= 0.6 is 0 Å². The molecule has 0 unspecified atom stereocenters. The topological polar surface area (TPSA) is 213 Å². The van der Waals surface area contributed by atoms with E-state index in [1.807, 2.05) is 0 Å². The van der Waals surface area contributed by atoms with E-state index in [-0.39, 0.29) is 62.4 Å². The van der Waals surface area contributed by atoms with Gasteiger partial charge in [0.05, 0.1) is 51.6 Å². The van der Waals surface area contributed by atoms with Gasteiger partial charge in [-0.15, -0.1) is 0 Å². The minimum Gasteiger partial charge on any atom is -0.508 e. The summed E-state index contributed by atoms with van der Waals surface area (Å²) in [7, 11) is 0. The Labute approximate surface area is 323 Å². The quantitative estimate of drug-likeness (QED) is 0.0411. The summed E-state index contributed by atoms with van der Waals surface area (Å²) in [5.74, 6) is -0.219. The molecular weight excluding hydrogens is 712 g/mol. The van der Waals surface area contributed by atoms with Crippen LogP contribution in [0.5, 0.6) is 17.2 Å². The average Bonchev–Trinajstić information content (AvgIpc) is 3.15. The SMILES string of the molecule is Cc1cc(=O)oc2cc(O)cc(OCCOCCOCCOCCOCC(=O)N[C@@H](Cc3ccc(O)cc3)C(=O)NCCCCCCCCNCCCN)c12. The Balaban J connectivity index is 1.21. The van der Waals surface area contributed by atoms with Gasteiger partial charge in [-0.25, -0.2) is 4.79 Å². The van der Waals surface area contributed by atoms with Crippen molar-refractivity contribution in [3.8, 4) is 17.2 Å². The van der Waals surface area contributed by atoms with Crippen LogP contribution in [-0.4, -0.2) is 114 Å². The van der Waals surface area contributed by atoms with Crippen molar-refractivity contribution in [3.05, 3.63) is 64.0 Å². The zero-order chi connectivity index (χ0) is 39.5. The number of phenolic OH excluding ortho intramolecular Hbond substituents is 2. The lowest BCUT2D eigenvalue weighted by molar-refractivity contribution is -0.131. The Hall–Kier alpha value is -4.25. The first-order chi connectivity index (χ1) is 26.8. The van der Waals surface area contributed by atoms with E-state index in [1.54, 1.807) is 31.2 Å². The fourth-order valence-electron chi connectivity index (χ4n) is 5.66. The standard InChI is InChI=1S/C40H60N4O11/c1-30-25-38(48)55-36-28-33(46)27-35(39(30)36)54-24-23-52-20-19-50-17-18-51-21-22-53-29-37(47)44-34(26-31-9-11-32(45)12-10-31)40(49)43-16-7-5-3-2-4-6-14-42-15-8-13-41/h9-12,25,27-28,34,42,45-46H,2-8,13-24,26,29,41H2,1H3,(H,43,49)(H,44,47)/t34-/m0/s1. The highest BCUT2D eigenvalue weighted by molar-refractivity contribution is 5.88. The molecule has 0 radical (unpaired) electrons. The number of amides is 2. The summed E-state index contributed by atoms with van der Waals surface area (Å²) in [6.07, 6.45) is 7.76. The van der Waals surface area contributed by atoms with Crippen molar-refractivity contribution < 1.29 is 47.9 Å². The van der Waals surface area contributed by atoms with Crippen molar-refractivity contribution in [2.45, 2.75) is 64.3 Å². The molecule has 0 aliphatic rings. The van der Waals surface area contributed by atoms with Crippen LogP contribution in [0.25, 0.3) is 11.0 Å². The summed E-state index contributed by atoms with van der Waals surface area (Å²) < 4.78 is 32.9. The summed E-state index contributed by atoms with van der Waals surface area (Å²) in [4.78, 5) is 37.4. The number of rotatable bonds is 31. The number of carbonyl (C=O) groups is 2. The summed E-state index contributed by atoms with van der Waals surface area (Å²) in [5, 5.41) is 29.3. The predicted molar refractivity (Wildman–Crippen MR) is 209 cm³/mol. The Morgan fingerprint density at radius 2 is 1.35 bits per heavy atom. The van der Waals surface area contributed by atoms with Gasteiger partial charge in [-0.2, -0.15) is 0 Å². The van der Waals surface area contributed by atoms with E-state index in [0.29, 0.717) is 56.2 Å². The summed E-state index contributed by atoms with van der Waals surface area (Å²) in [5.41, 5.74) is 6.75. The molecule has 0 saturated carbocycles. The van der Waals surface area contributed by atoms with Crippen molar-refractivity contribution in [2.24, 2.45) is 5.73 Å². The van der Waals surface area contributed by atoms with Gasteiger partial charge >= 0.3 is 5.63 Å². The molecule has 7 N–H and O–H groups in total. The summed E-state index contributed by atoms with van der Waals surface area (Å²) >= 11 is 0. The molecule has 1 heterocycles. The Morgan fingerprint density at radius 3 is 2.02 bits per heavy atom. The minimum absolute atomic E-state index is 0.0701. The molecule has 306 valence electrons. The zero-order valence-electron chi connectivity index (χ0n) is 32.1. The van der Waals surface area contributed by atoms with Crippen LogP contribution in [0, 0.1) is 6.92 Å². The van der Waals surface area contributed by atoms with Crippen LogP contribution in [0.2, 0.25) is 0 Å². The number of phenols is 2. The maximum absolute atomic E-state index is 13.0. The van der Waals surface area contributed by atoms with Gasteiger partial charge in [-0.05, 0) is 69.1 Å². The molecule has 3 aromatic rings. The van der Waals surface area contributed by atoms with E-state index in [0.717, 1.165) is 57.2 Å². The number of benzene rings is 2. The van der Waals surface area contributed by atoms with Crippen LogP contribution < -0.4 is 32.0 Å². The van der Waals surface area contributed by atoms with E-state index >= 15 is 0 Å². The molecule has 0 saturated heterocycles. The first kappa shape index (κ1) is 45.1. The van der Waals surface area contributed by atoms with Crippen LogP contribution in [0.1, 0.15) is 56.1 Å². The Morgan fingerprint density at radius 1 is 0.745 bits per heavy atom. The van der Waals surface area contributed by atoms with Crippen LogP contribution in [0.15, 0.2) is 51.7 Å². The van der Waals surface area contributed by atoms with Crippen molar-refractivity contribution in [1.29, 1.82) is 0 Å². The lowest BCUT2D eigenvalue weighted by Gasteiger charge is -2.19. The number of nitrogens with one attached hydrogen (secondary N) is 3. The zero-order valence-corrected chi connectivity index (χ0v) is 32.1. The van der Waals surface area contributed by atoms with E-state index in [2.05, 4.69) is 16.0 Å². The number of ether oxygens (including phenoxy) is 5.